The van der Waals surface area contributed by atoms with E-state index in [1.807, 2.05) is 12.1 Å². The number of carbonyl (C=O) groups is 1. The lowest BCUT2D eigenvalue weighted by Gasteiger charge is -2.23. The molecule has 4 rings (SSSR count). The Morgan fingerprint density at radius 2 is 1.94 bits per heavy atom. The molecule has 2 aromatic rings. The first kappa shape index (κ1) is 22.4. The van der Waals surface area contributed by atoms with E-state index in [-0.39, 0.29) is 12.0 Å². The van der Waals surface area contributed by atoms with Crippen LogP contribution in [0.4, 0.5) is 0 Å². The molecule has 0 bridgehead atoms. The van der Waals surface area contributed by atoms with Gasteiger partial charge in [-0.15, -0.1) is 0 Å². The van der Waals surface area contributed by atoms with Crippen molar-refractivity contribution in [1.82, 2.24) is 9.80 Å². The third-order valence-electron chi connectivity index (χ3n) is 6.29. The Kier molecular flexibility index (Phi) is 7.17. The van der Waals surface area contributed by atoms with E-state index in [2.05, 4.69) is 34.1 Å². The van der Waals surface area contributed by atoms with Crippen LogP contribution in [0.25, 0.3) is 0 Å². The molecule has 0 N–H and O–H groups in total. The molecule has 2 heterocycles. The number of esters is 1. The summed E-state index contributed by atoms with van der Waals surface area (Å²) in [6.45, 7) is 4.67. The van der Waals surface area contributed by atoms with Gasteiger partial charge in [0, 0.05) is 43.4 Å². The fourth-order valence-corrected chi connectivity index (χ4v) is 4.61. The van der Waals surface area contributed by atoms with Crippen LogP contribution in [0.15, 0.2) is 36.4 Å². The normalized spacial score (nSPS) is 19.0. The molecular formula is C25H32N2O5. The highest BCUT2D eigenvalue weighted by molar-refractivity contribution is 5.76. The third-order valence-corrected chi connectivity index (χ3v) is 6.29. The number of methoxy groups -OCH3 is 3. The number of benzene rings is 2. The minimum atomic E-state index is -0.144. The van der Waals surface area contributed by atoms with Gasteiger partial charge in [0.25, 0.3) is 0 Å². The van der Waals surface area contributed by atoms with Crippen molar-refractivity contribution < 1.29 is 23.7 Å². The van der Waals surface area contributed by atoms with Crippen LogP contribution in [-0.2, 0) is 29.2 Å². The summed E-state index contributed by atoms with van der Waals surface area (Å²) in [6.07, 6.45) is 1.88. The Balaban J connectivity index is 1.48. The Morgan fingerprint density at radius 1 is 1.06 bits per heavy atom. The molecule has 172 valence electrons. The predicted octanol–water partition coefficient (Wildman–Crippen LogP) is 3.24. The molecule has 0 spiro atoms. The smallest absolute Gasteiger partial charge is 0.323 e. The average Bonchev–Trinajstić information content (AvgIpc) is 3.18. The molecule has 32 heavy (non-hydrogen) atoms. The van der Waals surface area contributed by atoms with Gasteiger partial charge >= 0.3 is 5.97 Å². The van der Waals surface area contributed by atoms with Gasteiger partial charge in [0.15, 0.2) is 0 Å². The van der Waals surface area contributed by atoms with Gasteiger partial charge in [-0.1, -0.05) is 12.1 Å². The van der Waals surface area contributed by atoms with E-state index >= 15 is 0 Å². The molecule has 0 aromatic heterocycles. The van der Waals surface area contributed by atoms with E-state index < -0.39 is 0 Å². The first-order chi connectivity index (χ1) is 15.6. The molecule has 0 aliphatic carbocycles. The van der Waals surface area contributed by atoms with Gasteiger partial charge in [-0.2, -0.15) is 0 Å². The summed E-state index contributed by atoms with van der Waals surface area (Å²) in [5, 5.41) is 0. The predicted molar refractivity (Wildman–Crippen MR) is 121 cm³/mol. The molecule has 2 aliphatic rings. The van der Waals surface area contributed by atoms with Crippen LogP contribution < -0.4 is 14.2 Å². The summed E-state index contributed by atoms with van der Waals surface area (Å²) in [7, 11) is 4.81. The zero-order chi connectivity index (χ0) is 22.5. The van der Waals surface area contributed by atoms with Crippen molar-refractivity contribution >= 4 is 5.97 Å². The second-order valence-electron chi connectivity index (χ2n) is 8.33. The fourth-order valence-electron chi connectivity index (χ4n) is 4.61. The topological polar surface area (TPSA) is 60.5 Å². The zero-order valence-electron chi connectivity index (χ0n) is 19.1. The van der Waals surface area contributed by atoms with Crippen LogP contribution >= 0.6 is 0 Å². The third kappa shape index (κ3) is 5.00. The highest BCUT2D eigenvalue weighted by Gasteiger charge is 2.31. The first-order valence-corrected chi connectivity index (χ1v) is 11.1. The van der Waals surface area contributed by atoms with Gasteiger partial charge in [-0.25, -0.2) is 0 Å². The maximum atomic E-state index is 12.1. The van der Waals surface area contributed by atoms with Gasteiger partial charge < -0.3 is 18.9 Å². The van der Waals surface area contributed by atoms with Gasteiger partial charge in [-0.05, 0) is 43.1 Å². The van der Waals surface area contributed by atoms with Gasteiger partial charge in [-0.3, -0.25) is 14.6 Å². The lowest BCUT2D eigenvalue weighted by Crippen LogP contribution is -2.36. The number of hydrogen-bond acceptors (Lipinski definition) is 7. The van der Waals surface area contributed by atoms with Crippen molar-refractivity contribution in [2.45, 2.75) is 38.5 Å². The largest absolute Gasteiger partial charge is 0.497 e. The molecule has 0 radical (unpaired) electrons. The molecule has 0 unspecified atom stereocenters. The number of nitrogens with zero attached hydrogens (tertiary/aromatic N) is 2. The van der Waals surface area contributed by atoms with Crippen LogP contribution in [0.1, 0.15) is 29.5 Å². The van der Waals surface area contributed by atoms with Crippen LogP contribution in [0.3, 0.4) is 0 Å². The van der Waals surface area contributed by atoms with E-state index in [9.17, 15) is 4.79 Å². The van der Waals surface area contributed by atoms with E-state index in [0.29, 0.717) is 6.61 Å². The van der Waals surface area contributed by atoms with Crippen molar-refractivity contribution in [2.24, 2.45) is 0 Å². The molecule has 1 fully saturated rings. The summed E-state index contributed by atoms with van der Waals surface area (Å²) >= 11 is 0. The molecule has 0 saturated carbocycles. The molecule has 1 atom stereocenters. The zero-order valence-corrected chi connectivity index (χ0v) is 19.1. The Hall–Kier alpha value is -2.77. The summed E-state index contributed by atoms with van der Waals surface area (Å²) in [4.78, 5) is 16.7. The van der Waals surface area contributed by atoms with Crippen molar-refractivity contribution in [3.8, 4) is 17.2 Å². The summed E-state index contributed by atoms with van der Waals surface area (Å²) in [6, 6.07) is 12.2. The van der Waals surface area contributed by atoms with Crippen LogP contribution in [0, 0.1) is 0 Å². The van der Waals surface area contributed by atoms with Crippen molar-refractivity contribution in [1.29, 1.82) is 0 Å². The second-order valence-corrected chi connectivity index (χ2v) is 8.33. The number of hydrogen-bond donors (Lipinski definition) is 0. The van der Waals surface area contributed by atoms with E-state index in [4.69, 9.17) is 18.9 Å². The minimum absolute atomic E-state index is 0.139. The van der Waals surface area contributed by atoms with E-state index in [1.165, 1.54) is 18.2 Å². The molecule has 2 aromatic carbocycles. The SMILES string of the molecule is COC(=O)[C@@H]1CCCN1Cc1ccc2c(c1)CN(Cc1ccc(OC)cc1OC)CCO2. The lowest BCUT2D eigenvalue weighted by atomic mass is 10.1. The summed E-state index contributed by atoms with van der Waals surface area (Å²) < 4.78 is 21.9. The fraction of sp³-hybridized carbons (Fsp3) is 0.480. The Morgan fingerprint density at radius 3 is 2.72 bits per heavy atom. The summed E-state index contributed by atoms with van der Waals surface area (Å²) in [5.74, 6) is 2.41. The minimum Gasteiger partial charge on any atom is -0.497 e. The quantitative estimate of drug-likeness (QED) is 0.613. The molecular weight excluding hydrogens is 408 g/mol. The highest BCUT2D eigenvalue weighted by Crippen LogP contribution is 2.30. The van der Waals surface area contributed by atoms with Crippen LogP contribution in [0.5, 0.6) is 17.2 Å². The average molecular weight is 441 g/mol. The van der Waals surface area contributed by atoms with Gasteiger partial charge in [0.2, 0.25) is 0 Å². The van der Waals surface area contributed by atoms with Crippen molar-refractivity contribution in [3.63, 3.8) is 0 Å². The van der Waals surface area contributed by atoms with E-state index in [1.54, 1.807) is 14.2 Å². The van der Waals surface area contributed by atoms with Crippen LogP contribution in [-0.4, -0.2) is 62.8 Å². The Bertz CT molecular complexity index is 948. The number of fused-ring (bicyclic) bond motifs is 1. The number of likely N-dealkylation sites (tertiary alicyclic amines) is 1. The maximum absolute atomic E-state index is 12.1. The molecule has 7 heteroatoms. The van der Waals surface area contributed by atoms with Crippen molar-refractivity contribution in [2.75, 3.05) is 41.0 Å². The molecule has 7 nitrogen and oxygen atoms in total. The molecule has 1 saturated heterocycles. The molecule has 2 aliphatic heterocycles. The monoisotopic (exact) mass is 440 g/mol. The molecule has 0 amide bonds. The number of rotatable bonds is 7. The second kappa shape index (κ2) is 10.2. The lowest BCUT2D eigenvalue weighted by molar-refractivity contribution is -0.146. The Labute approximate surface area is 189 Å². The van der Waals surface area contributed by atoms with Gasteiger partial charge in [0.1, 0.15) is 29.9 Å². The first-order valence-electron chi connectivity index (χ1n) is 11.1. The van der Waals surface area contributed by atoms with E-state index in [0.717, 1.165) is 68.4 Å². The number of carbonyl (C=O) groups excluding carboxylic acids is 1. The summed E-state index contributed by atoms with van der Waals surface area (Å²) in [5.41, 5.74) is 3.47. The standard InChI is InChI=1S/C25H32N2O5/c1-29-21-8-7-19(24(14-21)30-2)16-26-11-12-32-23-9-6-18(13-20(23)17-26)15-27-10-4-5-22(27)25(28)31-3/h6-9,13-14,22H,4-5,10-12,15-17H2,1-3H3/t22-/m0/s1. The highest BCUT2D eigenvalue weighted by atomic mass is 16.5. The van der Waals surface area contributed by atoms with Crippen LogP contribution in [0.2, 0.25) is 0 Å². The van der Waals surface area contributed by atoms with Crippen molar-refractivity contribution in [3.05, 3.63) is 53.1 Å². The number of ether oxygens (including phenoxy) is 4. The maximum Gasteiger partial charge on any atom is 0.323 e. The van der Waals surface area contributed by atoms with Gasteiger partial charge in [0.05, 0.1) is 21.3 Å².